The second-order valence-corrected chi connectivity index (χ2v) is 11.0. The van der Waals surface area contributed by atoms with Crippen molar-refractivity contribution in [3.8, 4) is 0 Å². The first-order chi connectivity index (χ1) is 17.9. The summed E-state index contributed by atoms with van der Waals surface area (Å²) in [6.07, 6.45) is 5.26. The molecule has 0 N–H and O–H groups in total. The zero-order valence-electron chi connectivity index (χ0n) is 23.8. The van der Waals surface area contributed by atoms with Crippen LogP contribution in [-0.4, -0.2) is 74.1 Å². The van der Waals surface area contributed by atoms with E-state index in [1.54, 1.807) is 20.8 Å². The number of imide groups is 3. The Labute approximate surface area is 261 Å². The number of hydrogen-bond donors (Lipinski definition) is 0. The number of carbonyl (C=O) groups excluding carboxylic acids is 7. The Balaban J connectivity index is -0.000000473. The van der Waals surface area contributed by atoms with E-state index in [9.17, 15) is 33.6 Å². The molecule has 3 aliphatic heterocycles. The highest BCUT2D eigenvalue weighted by Crippen LogP contribution is 2.26. The lowest BCUT2D eigenvalue weighted by Crippen LogP contribution is -2.37. The van der Waals surface area contributed by atoms with E-state index in [0.29, 0.717) is 33.2 Å². The Morgan fingerprint density at radius 3 is 1.20 bits per heavy atom. The van der Waals surface area contributed by atoms with Gasteiger partial charge in [-0.05, 0) is 80.3 Å². The van der Waals surface area contributed by atoms with Gasteiger partial charge in [0, 0.05) is 54.8 Å². The van der Waals surface area contributed by atoms with Gasteiger partial charge < -0.3 is 0 Å². The van der Waals surface area contributed by atoms with Crippen molar-refractivity contribution in [2.24, 2.45) is 0 Å². The Bertz CT molecular complexity index is 1060. The summed E-state index contributed by atoms with van der Waals surface area (Å²) in [5.74, 6) is -0.980. The van der Waals surface area contributed by atoms with Gasteiger partial charge in [-0.25, -0.2) is 0 Å². The predicted molar refractivity (Wildman–Crippen MR) is 168 cm³/mol. The van der Waals surface area contributed by atoms with Gasteiger partial charge in [0.25, 0.3) is 35.4 Å². The lowest BCUT2D eigenvalue weighted by atomic mass is 10.3. The molecule has 0 spiro atoms. The highest BCUT2D eigenvalue weighted by atomic mass is 79.9. The van der Waals surface area contributed by atoms with E-state index in [-0.39, 0.29) is 68.4 Å². The lowest BCUT2D eigenvalue weighted by Gasteiger charge is -2.18. The minimum absolute atomic E-state index is 0. The van der Waals surface area contributed by atoms with Gasteiger partial charge in [0.15, 0.2) is 0 Å². The number of amides is 6. The molecule has 3 rings (SSSR count). The van der Waals surface area contributed by atoms with Crippen LogP contribution in [0.1, 0.15) is 90.0 Å². The fraction of sp³-hybridized carbons (Fsp3) is 0.552. The first kappa shape index (κ1) is 42.7. The van der Waals surface area contributed by atoms with Gasteiger partial charge in [-0.1, -0.05) is 28.7 Å². The molecule has 0 saturated carbocycles. The van der Waals surface area contributed by atoms with Crippen LogP contribution in [0.4, 0.5) is 0 Å². The zero-order valence-corrected chi connectivity index (χ0v) is 27.0. The quantitative estimate of drug-likeness (QED) is 0.348. The summed E-state index contributed by atoms with van der Waals surface area (Å²) >= 11 is 6.09. The number of rotatable bonds is 5. The maximum Gasteiger partial charge on any atom is 0.268 e. The molecule has 0 radical (unpaired) electrons. The fourth-order valence-corrected chi connectivity index (χ4v) is 3.96. The molecule has 0 fully saturated rings. The van der Waals surface area contributed by atoms with Crippen LogP contribution in [0.15, 0.2) is 32.8 Å². The van der Waals surface area contributed by atoms with Crippen molar-refractivity contribution in [3.05, 3.63) is 32.8 Å². The average Bonchev–Trinajstić information content (AvgIpc) is 3.40. The standard InChI is InChI=1S/C8H10BrNO2.C7H8BrNO2.C7H9NO2.C5H10O.2CH4/c1-4(2)10-7(11)5(3)6(9)8(10)12;1-4(2)9-6(10)3-5(8)7(9)11;1-5(2)8-6(9)3-4-7(8)10;1-3-5(6)4-2;;/h4H,1-3H3;3-4H,1-2H3;3-5H,1-2H3;3-4H2,1-2H3;2*1H4. The molecule has 6 amide bonds. The van der Waals surface area contributed by atoms with E-state index in [4.69, 9.17) is 0 Å². The van der Waals surface area contributed by atoms with E-state index < -0.39 is 0 Å². The Hall–Kier alpha value is -2.73. The topological polar surface area (TPSA) is 129 Å². The van der Waals surface area contributed by atoms with Crippen LogP contribution in [0.5, 0.6) is 0 Å². The normalized spacial score (nSPS) is 15.9. The van der Waals surface area contributed by atoms with Crippen LogP contribution in [-0.2, 0) is 33.6 Å². The van der Waals surface area contributed by atoms with Crippen molar-refractivity contribution < 1.29 is 33.6 Å². The van der Waals surface area contributed by atoms with Crippen LogP contribution in [0.2, 0.25) is 0 Å². The third-order valence-electron chi connectivity index (χ3n) is 5.37. The molecule has 0 unspecified atom stereocenters. The fourth-order valence-electron chi connectivity index (χ4n) is 3.22. The average molecular weight is 708 g/mol. The number of hydrogen-bond acceptors (Lipinski definition) is 7. The summed E-state index contributed by atoms with van der Waals surface area (Å²) in [6.45, 7) is 16.3. The Morgan fingerprint density at radius 2 is 1.05 bits per heavy atom. The summed E-state index contributed by atoms with van der Waals surface area (Å²) in [7, 11) is 0. The largest absolute Gasteiger partial charge is 0.300 e. The van der Waals surface area contributed by atoms with Gasteiger partial charge in [-0.2, -0.15) is 0 Å². The molecule has 41 heavy (non-hydrogen) atoms. The molecule has 0 atom stereocenters. The number of halogens is 2. The van der Waals surface area contributed by atoms with Gasteiger partial charge in [-0.3, -0.25) is 48.3 Å². The maximum absolute atomic E-state index is 11.4. The molecule has 10 nitrogen and oxygen atoms in total. The lowest BCUT2D eigenvalue weighted by molar-refractivity contribution is -0.140. The first-order valence-electron chi connectivity index (χ1n) is 12.5. The van der Waals surface area contributed by atoms with Crippen molar-refractivity contribution in [1.82, 2.24) is 14.7 Å². The minimum atomic E-state index is -0.245. The predicted octanol–water partition coefficient (Wildman–Crippen LogP) is 5.44. The van der Waals surface area contributed by atoms with E-state index >= 15 is 0 Å². The molecular weight excluding hydrogens is 662 g/mol. The van der Waals surface area contributed by atoms with Gasteiger partial charge in [0.05, 0.1) is 8.96 Å². The maximum atomic E-state index is 11.4. The van der Waals surface area contributed by atoms with Gasteiger partial charge >= 0.3 is 0 Å². The molecule has 232 valence electrons. The zero-order chi connectivity index (χ0) is 30.8. The summed E-state index contributed by atoms with van der Waals surface area (Å²) in [4.78, 5) is 80.5. The molecule has 0 aromatic heterocycles. The van der Waals surface area contributed by atoms with Crippen molar-refractivity contribution in [3.63, 3.8) is 0 Å². The van der Waals surface area contributed by atoms with E-state index in [0.717, 1.165) is 0 Å². The van der Waals surface area contributed by atoms with Crippen LogP contribution in [0.25, 0.3) is 0 Å². The van der Waals surface area contributed by atoms with Gasteiger partial charge in [0.1, 0.15) is 5.78 Å². The van der Waals surface area contributed by atoms with E-state index in [1.165, 1.54) is 32.9 Å². The smallest absolute Gasteiger partial charge is 0.268 e. The SMILES string of the molecule is C.C.CC(C)N1C(=O)C=C(Br)C1=O.CC(C)N1C(=O)C=CC1=O.CC1=C(Br)C(=O)N(C(C)C)C1=O.CCC(=O)CC. The highest BCUT2D eigenvalue weighted by Gasteiger charge is 2.36. The molecule has 0 aromatic rings. The first-order valence-corrected chi connectivity index (χ1v) is 14.1. The molecule has 12 heteroatoms. The van der Waals surface area contributed by atoms with Crippen LogP contribution in [0, 0.1) is 0 Å². The molecule has 3 heterocycles. The van der Waals surface area contributed by atoms with E-state index in [2.05, 4.69) is 31.9 Å². The molecule has 0 bridgehead atoms. The number of Topliss-reactive ketones (excluding diaryl/α,β-unsaturated/α-hetero) is 1. The number of nitrogens with zero attached hydrogens (tertiary/aromatic N) is 3. The van der Waals surface area contributed by atoms with Crippen LogP contribution in [0.3, 0.4) is 0 Å². The highest BCUT2D eigenvalue weighted by molar-refractivity contribution is 9.12. The molecular formula is C29H45Br2N3O7. The molecule has 0 saturated heterocycles. The Morgan fingerprint density at radius 1 is 0.659 bits per heavy atom. The number of carbonyl (C=O) groups is 7. The minimum Gasteiger partial charge on any atom is -0.300 e. The summed E-state index contributed by atoms with van der Waals surface area (Å²) < 4.78 is 0.734. The van der Waals surface area contributed by atoms with Crippen molar-refractivity contribution in [1.29, 1.82) is 0 Å². The number of ketones is 1. The van der Waals surface area contributed by atoms with Crippen molar-refractivity contribution in [2.45, 2.75) is 108 Å². The Kier molecular flexibility index (Phi) is 20.2. The third-order valence-corrected chi connectivity index (χ3v) is 6.87. The van der Waals surface area contributed by atoms with Gasteiger partial charge in [-0.15, -0.1) is 0 Å². The van der Waals surface area contributed by atoms with Crippen molar-refractivity contribution >= 4 is 73.1 Å². The third kappa shape index (κ3) is 12.0. The summed E-state index contributed by atoms with van der Waals surface area (Å²) in [6, 6.07) is -0.175. The van der Waals surface area contributed by atoms with Crippen LogP contribution >= 0.6 is 31.9 Å². The summed E-state index contributed by atoms with van der Waals surface area (Å²) in [5.41, 5.74) is 0.494. The van der Waals surface area contributed by atoms with Crippen LogP contribution < -0.4 is 0 Å². The van der Waals surface area contributed by atoms with Gasteiger partial charge in [0.2, 0.25) is 0 Å². The second-order valence-electron chi connectivity index (χ2n) is 9.33. The molecule has 0 aliphatic carbocycles. The van der Waals surface area contributed by atoms with E-state index in [1.807, 2.05) is 41.5 Å². The molecule has 0 aromatic carbocycles. The second kappa shape index (κ2) is 19.4. The monoisotopic (exact) mass is 705 g/mol. The van der Waals surface area contributed by atoms with Crippen molar-refractivity contribution in [2.75, 3.05) is 0 Å². The summed E-state index contributed by atoms with van der Waals surface area (Å²) in [5, 5.41) is 0. The molecule has 3 aliphatic rings.